The van der Waals surface area contributed by atoms with Crippen LogP contribution in [-0.4, -0.2) is 45.5 Å². The van der Waals surface area contributed by atoms with Crippen LogP contribution >= 0.6 is 0 Å². The molecule has 26 heavy (non-hydrogen) atoms. The van der Waals surface area contributed by atoms with E-state index >= 15 is 0 Å². The number of likely N-dealkylation sites (tertiary alicyclic amines) is 1. The summed E-state index contributed by atoms with van der Waals surface area (Å²) in [5.41, 5.74) is 0.767. The fourth-order valence-corrected chi connectivity index (χ4v) is 3.01. The summed E-state index contributed by atoms with van der Waals surface area (Å²) in [5.74, 6) is -0.578. The Bertz CT molecular complexity index is 780. The Morgan fingerprint density at radius 2 is 1.88 bits per heavy atom. The van der Waals surface area contributed by atoms with Gasteiger partial charge in [-0.3, -0.25) is 9.36 Å². The second-order valence-electron chi connectivity index (χ2n) is 6.68. The molecule has 138 valence electrons. The largest absolute Gasteiger partial charge is 0.448 e. The van der Waals surface area contributed by atoms with Crippen LogP contribution in [0.4, 0.5) is 4.39 Å². The van der Waals surface area contributed by atoms with Gasteiger partial charge in [-0.05, 0) is 49.9 Å². The van der Waals surface area contributed by atoms with Gasteiger partial charge in [0.1, 0.15) is 5.82 Å². The van der Waals surface area contributed by atoms with Gasteiger partial charge in [0, 0.05) is 18.8 Å². The van der Waals surface area contributed by atoms with Crippen molar-refractivity contribution in [1.29, 1.82) is 0 Å². The van der Waals surface area contributed by atoms with Gasteiger partial charge in [0.05, 0.1) is 12.5 Å². The van der Waals surface area contributed by atoms with E-state index < -0.39 is 12.1 Å². The molecular formula is C19H22FN3O3. The summed E-state index contributed by atoms with van der Waals surface area (Å²) >= 11 is 0. The highest BCUT2D eigenvalue weighted by molar-refractivity contribution is 5.91. The maximum Gasteiger partial charge on any atom is 0.357 e. The molecule has 1 atom stereocenters. The van der Waals surface area contributed by atoms with Gasteiger partial charge >= 0.3 is 5.97 Å². The normalized spacial score (nSPS) is 16.3. The van der Waals surface area contributed by atoms with Crippen LogP contribution in [0.2, 0.25) is 0 Å². The van der Waals surface area contributed by atoms with E-state index in [9.17, 15) is 14.0 Å². The summed E-state index contributed by atoms with van der Waals surface area (Å²) in [4.78, 5) is 30.7. The number of aromatic nitrogens is 2. The average molecular weight is 359 g/mol. The highest BCUT2D eigenvalue weighted by Gasteiger charge is 2.28. The Balaban J connectivity index is 1.68. The fourth-order valence-electron chi connectivity index (χ4n) is 3.01. The number of hydrogen-bond donors (Lipinski definition) is 0. The summed E-state index contributed by atoms with van der Waals surface area (Å²) in [5, 5.41) is 0. The number of rotatable bonds is 4. The van der Waals surface area contributed by atoms with Crippen LogP contribution in [0.5, 0.6) is 0 Å². The molecule has 1 fully saturated rings. The first kappa shape index (κ1) is 18.1. The van der Waals surface area contributed by atoms with Crippen molar-refractivity contribution in [2.45, 2.75) is 32.8 Å². The monoisotopic (exact) mass is 359 g/mol. The van der Waals surface area contributed by atoms with Crippen LogP contribution in [-0.2, 0) is 9.53 Å². The molecule has 2 heterocycles. The molecule has 1 aromatic heterocycles. The van der Waals surface area contributed by atoms with E-state index in [0.717, 1.165) is 12.8 Å². The van der Waals surface area contributed by atoms with Crippen molar-refractivity contribution >= 4 is 11.9 Å². The van der Waals surface area contributed by atoms with Crippen LogP contribution in [0.1, 0.15) is 37.2 Å². The first-order chi connectivity index (χ1) is 12.5. The Morgan fingerprint density at radius 3 is 2.54 bits per heavy atom. The lowest BCUT2D eigenvalue weighted by Crippen LogP contribution is -2.44. The molecule has 0 bridgehead atoms. The minimum absolute atomic E-state index is 0.182. The lowest BCUT2D eigenvalue weighted by molar-refractivity contribution is -0.141. The van der Waals surface area contributed by atoms with Gasteiger partial charge in [0.15, 0.2) is 11.8 Å². The van der Waals surface area contributed by atoms with Crippen LogP contribution in [0.25, 0.3) is 5.69 Å². The predicted molar refractivity (Wildman–Crippen MR) is 93.4 cm³/mol. The number of imidazole rings is 1. The van der Waals surface area contributed by atoms with Crippen molar-refractivity contribution in [3.05, 3.63) is 48.3 Å². The number of amides is 1. The molecule has 1 aromatic carbocycles. The number of halogens is 1. The maximum atomic E-state index is 13.1. The van der Waals surface area contributed by atoms with Crippen molar-refractivity contribution in [3.8, 4) is 5.69 Å². The Labute approximate surface area is 151 Å². The SMILES string of the molecule is CC1CCN(C(=O)C(C)OC(=O)c2cncn2-c2ccc(F)cc2)CC1. The minimum atomic E-state index is -0.868. The van der Waals surface area contributed by atoms with Crippen LogP contribution in [0.15, 0.2) is 36.8 Å². The van der Waals surface area contributed by atoms with Gasteiger partial charge in [0.2, 0.25) is 0 Å². The summed E-state index contributed by atoms with van der Waals surface area (Å²) in [7, 11) is 0. The number of hydrogen-bond acceptors (Lipinski definition) is 4. The Hall–Kier alpha value is -2.70. The zero-order valence-corrected chi connectivity index (χ0v) is 14.9. The lowest BCUT2D eigenvalue weighted by Gasteiger charge is -2.31. The third kappa shape index (κ3) is 3.92. The van der Waals surface area contributed by atoms with E-state index in [4.69, 9.17) is 4.74 Å². The smallest absolute Gasteiger partial charge is 0.357 e. The van der Waals surface area contributed by atoms with Gasteiger partial charge in [-0.1, -0.05) is 6.92 Å². The number of nitrogens with zero attached hydrogens (tertiary/aromatic N) is 3. The molecule has 7 heteroatoms. The molecule has 0 spiro atoms. The molecule has 3 rings (SSSR count). The molecule has 1 unspecified atom stereocenters. The molecule has 0 aliphatic carbocycles. The van der Waals surface area contributed by atoms with Gasteiger partial charge in [-0.2, -0.15) is 0 Å². The molecule has 1 aliphatic rings. The van der Waals surface area contributed by atoms with E-state index in [1.807, 2.05) is 0 Å². The van der Waals surface area contributed by atoms with Crippen molar-refractivity contribution in [1.82, 2.24) is 14.5 Å². The number of esters is 1. The standard InChI is InChI=1S/C19H22FN3O3/c1-13-7-9-22(10-8-13)18(24)14(2)26-19(25)17-11-21-12-23(17)16-5-3-15(20)4-6-16/h3-6,11-14H,7-10H2,1-2H3. The Kier molecular flexibility index (Phi) is 5.35. The topological polar surface area (TPSA) is 64.4 Å². The highest BCUT2D eigenvalue weighted by Crippen LogP contribution is 2.18. The fraction of sp³-hybridized carbons (Fsp3) is 0.421. The molecule has 1 aliphatic heterocycles. The maximum absolute atomic E-state index is 13.1. The summed E-state index contributed by atoms with van der Waals surface area (Å²) in [6.07, 6.45) is 3.87. The first-order valence-electron chi connectivity index (χ1n) is 8.73. The Morgan fingerprint density at radius 1 is 1.23 bits per heavy atom. The summed E-state index contributed by atoms with van der Waals surface area (Å²) in [6, 6.07) is 5.68. The molecular weight excluding hydrogens is 337 g/mol. The van der Waals surface area contributed by atoms with Crippen molar-refractivity contribution in [2.24, 2.45) is 5.92 Å². The summed E-state index contributed by atoms with van der Waals surface area (Å²) < 4.78 is 19.9. The number of carbonyl (C=O) groups is 2. The van der Waals surface area contributed by atoms with E-state index in [0.29, 0.717) is 24.7 Å². The number of carbonyl (C=O) groups excluding carboxylic acids is 2. The lowest BCUT2D eigenvalue weighted by atomic mass is 9.99. The quantitative estimate of drug-likeness (QED) is 0.788. The van der Waals surface area contributed by atoms with Crippen LogP contribution in [0, 0.1) is 11.7 Å². The van der Waals surface area contributed by atoms with Gasteiger partial charge in [0.25, 0.3) is 5.91 Å². The number of ether oxygens (including phenoxy) is 1. The third-order valence-electron chi connectivity index (χ3n) is 4.68. The van der Waals surface area contributed by atoms with Crippen LogP contribution in [0.3, 0.4) is 0 Å². The molecule has 1 amide bonds. The third-order valence-corrected chi connectivity index (χ3v) is 4.68. The van der Waals surface area contributed by atoms with E-state index in [-0.39, 0.29) is 17.4 Å². The molecule has 2 aromatic rings. The number of benzene rings is 1. The summed E-state index contributed by atoms with van der Waals surface area (Å²) in [6.45, 7) is 5.13. The van der Waals surface area contributed by atoms with Crippen molar-refractivity contribution in [3.63, 3.8) is 0 Å². The zero-order chi connectivity index (χ0) is 18.7. The zero-order valence-electron chi connectivity index (χ0n) is 14.9. The van der Waals surface area contributed by atoms with Gasteiger partial charge in [-0.25, -0.2) is 14.2 Å². The second kappa shape index (κ2) is 7.68. The van der Waals surface area contributed by atoms with Crippen LogP contribution < -0.4 is 0 Å². The average Bonchev–Trinajstić information content (AvgIpc) is 3.12. The number of piperidine rings is 1. The second-order valence-corrected chi connectivity index (χ2v) is 6.68. The molecule has 1 saturated heterocycles. The van der Waals surface area contributed by atoms with Gasteiger partial charge in [-0.15, -0.1) is 0 Å². The first-order valence-corrected chi connectivity index (χ1v) is 8.73. The van der Waals surface area contributed by atoms with Crippen molar-refractivity contribution in [2.75, 3.05) is 13.1 Å². The van der Waals surface area contributed by atoms with E-state index in [2.05, 4.69) is 11.9 Å². The van der Waals surface area contributed by atoms with E-state index in [1.54, 1.807) is 11.8 Å². The van der Waals surface area contributed by atoms with Crippen molar-refractivity contribution < 1.29 is 18.7 Å². The minimum Gasteiger partial charge on any atom is -0.448 e. The highest BCUT2D eigenvalue weighted by atomic mass is 19.1. The predicted octanol–water partition coefficient (Wildman–Crippen LogP) is 2.82. The molecule has 6 nitrogen and oxygen atoms in total. The van der Waals surface area contributed by atoms with E-state index in [1.165, 1.54) is 41.4 Å². The molecule has 0 N–H and O–H groups in total. The molecule has 0 saturated carbocycles. The van der Waals surface area contributed by atoms with Gasteiger partial charge < -0.3 is 9.64 Å². The molecule has 0 radical (unpaired) electrons.